The molecule has 4 nitrogen and oxygen atoms in total. The van der Waals surface area contributed by atoms with Crippen molar-refractivity contribution < 1.29 is 4.52 Å². The molecule has 82 valence electrons. The van der Waals surface area contributed by atoms with Crippen molar-refractivity contribution in [3.05, 3.63) is 41.6 Å². The lowest BCUT2D eigenvalue weighted by Crippen LogP contribution is -2.19. The summed E-state index contributed by atoms with van der Waals surface area (Å²) in [6, 6.07) is 8.46. The fourth-order valence-corrected chi connectivity index (χ4v) is 2.16. The van der Waals surface area contributed by atoms with E-state index in [-0.39, 0.29) is 0 Å². The number of aromatic nitrogens is 1. The van der Waals surface area contributed by atoms with Crippen molar-refractivity contribution in [1.29, 1.82) is 0 Å². The Morgan fingerprint density at radius 1 is 1.38 bits per heavy atom. The topological polar surface area (TPSA) is 55.3 Å². The number of anilines is 2. The highest BCUT2D eigenvalue weighted by Gasteiger charge is 2.19. The number of nitrogen functional groups attached to an aromatic ring is 1. The predicted octanol–water partition coefficient (Wildman–Crippen LogP) is 1.82. The summed E-state index contributed by atoms with van der Waals surface area (Å²) in [5.74, 6) is 0.421. The van der Waals surface area contributed by atoms with Gasteiger partial charge in [-0.3, -0.25) is 0 Å². The fraction of sp³-hybridized carbons (Fsp3) is 0.250. The molecule has 0 amide bonds. The zero-order valence-electron chi connectivity index (χ0n) is 8.89. The Morgan fingerprint density at radius 3 is 3.06 bits per heavy atom. The second kappa shape index (κ2) is 3.56. The van der Waals surface area contributed by atoms with E-state index in [1.165, 1.54) is 11.3 Å². The van der Waals surface area contributed by atoms with Crippen LogP contribution < -0.4 is 10.6 Å². The smallest absolute Gasteiger partial charge is 0.227 e. The van der Waals surface area contributed by atoms with Crippen molar-refractivity contribution in [3.8, 4) is 0 Å². The first-order valence-electron chi connectivity index (χ1n) is 5.36. The average molecular weight is 215 g/mol. The molecular formula is C12H13N3O. The molecule has 0 saturated carbocycles. The Labute approximate surface area is 93.6 Å². The SMILES string of the molecule is Nc1oncc1CN1CCc2ccccc21. The Morgan fingerprint density at radius 2 is 2.25 bits per heavy atom. The zero-order chi connectivity index (χ0) is 11.0. The van der Waals surface area contributed by atoms with Crippen LogP contribution in [0.4, 0.5) is 11.6 Å². The van der Waals surface area contributed by atoms with Gasteiger partial charge >= 0.3 is 0 Å². The molecule has 2 aromatic rings. The lowest BCUT2D eigenvalue weighted by molar-refractivity contribution is 0.436. The highest BCUT2D eigenvalue weighted by molar-refractivity contribution is 5.58. The maximum atomic E-state index is 5.68. The summed E-state index contributed by atoms with van der Waals surface area (Å²) in [6.45, 7) is 1.80. The lowest BCUT2D eigenvalue weighted by Gasteiger charge is -2.18. The third-order valence-electron chi connectivity index (χ3n) is 3.02. The minimum Gasteiger partial charge on any atom is -0.367 e. The van der Waals surface area contributed by atoms with Crippen molar-refractivity contribution in [3.63, 3.8) is 0 Å². The van der Waals surface area contributed by atoms with Gasteiger partial charge in [-0.2, -0.15) is 0 Å². The van der Waals surface area contributed by atoms with Crippen LogP contribution >= 0.6 is 0 Å². The Hall–Kier alpha value is -1.97. The summed E-state index contributed by atoms with van der Waals surface area (Å²) >= 11 is 0. The number of nitrogens with zero attached hydrogens (tertiary/aromatic N) is 2. The first kappa shape index (κ1) is 9.27. The van der Waals surface area contributed by atoms with Gasteiger partial charge in [0.15, 0.2) is 0 Å². The third kappa shape index (κ3) is 1.43. The van der Waals surface area contributed by atoms with Crippen molar-refractivity contribution in [1.82, 2.24) is 5.16 Å². The zero-order valence-corrected chi connectivity index (χ0v) is 8.89. The normalized spacial score (nSPS) is 14.1. The van der Waals surface area contributed by atoms with Crippen LogP contribution in [-0.2, 0) is 13.0 Å². The predicted molar refractivity (Wildman–Crippen MR) is 62.1 cm³/mol. The minimum atomic E-state index is 0.421. The van der Waals surface area contributed by atoms with Crippen LogP contribution in [0.25, 0.3) is 0 Å². The molecule has 1 aliphatic heterocycles. The van der Waals surface area contributed by atoms with Gasteiger partial charge < -0.3 is 15.2 Å². The van der Waals surface area contributed by atoms with E-state index in [4.69, 9.17) is 10.3 Å². The van der Waals surface area contributed by atoms with E-state index in [1.54, 1.807) is 6.20 Å². The second-order valence-corrected chi connectivity index (χ2v) is 4.02. The quantitative estimate of drug-likeness (QED) is 0.830. The molecule has 0 unspecified atom stereocenters. The van der Waals surface area contributed by atoms with Crippen LogP contribution in [0.2, 0.25) is 0 Å². The molecule has 1 aromatic heterocycles. The number of para-hydroxylation sites is 1. The van der Waals surface area contributed by atoms with E-state index in [0.717, 1.165) is 25.1 Å². The number of benzene rings is 1. The maximum Gasteiger partial charge on any atom is 0.227 e. The van der Waals surface area contributed by atoms with Crippen molar-refractivity contribution in [2.75, 3.05) is 17.2 Å². The van der Waals surface area contributed by atoms with Gasteiger partial charge in [-0.1, -0.05) is 23.4 Å². The molecule has 1 aromatic carbocycles. The lowest BCUT2D eigenvalue weighted by atomic mass is 10.2. The van der Waals surface area contributed by atoms with Gasteiger partial charge in [-0.25, -0.2) is 0 Å². The summed E-state index contributed by atoms with van der Waals surface area (Å²) in [7, 11) is 0. The summed E-state index contributed by atoms with van der Waals surface area (Å²) in [5.41, 5.74) is 9.33. The number of nitrogens with two attached hydrogens (primary N) is 1. The summed E-state index contributed by atoms with van der Waals surface area (Å²) < 4.78 is 4.86. The Kier molecular flexibility index (Phi) is 2.06. The molecule has 3 rings (SSSR count). The fourth-order valence-electron chi connectivity index (χ4n) is 2.16. The summed E-state index contributed by atoms with van der Waals surface area (Å²) in [6.07, 6.45) is 2.79. The van der Waals surface area contributed by atoms with Crippen LogP contribution in [0.3, 0.4) is 0 Å². The second-order valence-electron chi connectivity index (χ2n) is 4.02. The van der Waals surface area contributed by atoms with E-state index in [0.29, 0.717) is 5.88 Å². The monoisotopic (exact) mass is 215 g/mol. The highest BCUT2D eigenvalue weighted by atomic mass is 16.5. The number of fused-ring (bicyclic) bond motifs is 1. The maximum absolute atomic E-state index is 5.68. The first-order valence-corrected chi connectivity index (χ1v) is 5.36. The van der Waals surface area contributed by atoms with E-state index >= 15 is 0 Å². The standard InChI is InChI=1S/C12H13N3O/c13-12-10(7-14-16-12)8-15-6-5-9-3-1-2-4-11(9)15/h1-4,7H,5-6,8,13H2. The molecule has 2 heterocycles. The number of hydrogen-bond donors (Lipinski definition) is 1. The molecule has 0 radical (unpaired) electrons. The molecule has 4 heteroatoms. The van der Waals surface area contributed by atoms with E-state index in [2.05, 4.69) is 34.3 Å². The van der Waals surface area contributed by atoms with Crippen LogP contribution in [0.15, 0.2) is 35.0 Å². The van der Waals surface area contributed by atoms with Crippen LogP contribution in [0, 0.1) is 0 Å². The van der Waals surface area contributed by atoms with Crippen molar-refractivity contribution >= 4 is 11.6 Å². The van der Waals surface area contributed by atoms with Crippen LogP contribution in [-0.4, -0.2) is 11.7 Å². The van der Waals surface area contributed by atoms with E-state index < -0.39 is 0 Å². The third-order valence-corrected chi connectivity index (χ3v) is 3.02. The molecule has 16 heavy (non-hydrogen) atoms. The molecule has 0 saturated heterocycles. The first-order chi connectivity index (χ1) is 7.84. The molecule has 0 bridgehead atoms. The number of hydrogen-bond acceptors (Lipinski definition) is 4. The summed E-state index contributed by atoms with van der Waals surface area (Å²) in [4.78, 5) is 2.30. The molecule has 0 spiro atoms. The minimum absolute atomic E-state index is 0.421. The van der Waals surface area contributed by atoms with Gasteiger partial charge in [0.2, 0.25) is 5.88 Å². The van der Waals surface area contributed by atoms with Gasteiger partial charge in [-0.15, -0.1) is 0 Å². The molecule has 2 N–H and O–H groups in total. The van der Waals surface area contributed by atoms with E-state index in [1.807, 2.05) is 0 Å². The molecular weight excluding hydrogens is 202 g/mol. The van der Waals surface area contributed by atoms with E-state index in [9.17, 15) is 0 Å². The van der Waals surface area contributed by atoms with Gasteiger partial charge in [0.1, 0.15) is 0 Å². The van der Waals surface area contributed by atoms with Gasteiger partial charge in [0.25, 0.3) is 0 Å². The average Bonchev–Trinajstić information content (AvgIpc) is 2.88. The Bertz CT molecular complexity index is 506. The van der Waals surface area contributed by atoms with Crippen molar-refractivity contribution in [2.45, 2.75) is 13.0 Å². The largest absolute Gasteiger partial charge is 0.367 e. The molecule has 0 atom stereocenters. The Balaban J connectivity index is 1.86. The molecule has 0 aliphatic carbocycles. The highest BCUT2D eigenvalue weighted by Crippen LogP contribution is 2.29. The number of rotatable bonds is 2. The van der Waals surface area contributed by atoms with Gasteiger partial charge in [0, 0.05) is 18.8 Å². The summed E-state index contributed by atoms with van der Waals surface area (Å²) in [5, 5.41) is 3.69. The van der Waals surface area contributed by atoms with Crippen LogP contribution in [0.1, 0.15) is 11.1 Å². The van der Waals surface area contributed by atoms with Gasteiger partial charge in [0.05, 0.1) is 11.8 Å². The molecule has 1 aliphatic rings. The van der Waals surface area contributed by atoms with Crippen LogP contribution in [0.5, 0.6) is 0 Å². The molecule has 0 fully saturated rings. The van der Waals surface area contributed by atoms with Crippen molar-refractivity contribution in [2.24, 2.45) is 0 Å². The van der Waals surface area contributed by atoms with Gasteiger partial charge in [-0.05, 0) is 18.1 Å².